The molecule has 0 aromatic carbocycles. The summed E-state index contributed by atoms with van der Waals surface area (Å²) in [6, 6.07) is 0. The van der Waals surface area contributed by atoms with Crippen molar-refractivity contribution >= 4 is 17.7 Å². The topological polar surface area (TPSA) is 35.5 Å². The molecule has 3 nitrogen and oxygen atoms in total. The number of carbonyl (C=O) groups is 1. The first-order chi connectivity index (χ1) is 14.8. The molecule has 0 aromatic heterocycles. The van der Waals surface area contributed by atoms with Gasteiger partial charge in [0.15, 0.2) is 0 Å². The number of esters is 1. The molecule has 1 saturated heterocycles. The predicted molar refractivity (Wildman–Crippen MR) is 131 cm³/mol. The van der Waals surface area contributed by atoms with Crippen LogP contribution in [0.15, 0.2) is 72.9 Å². The van der Waals surface area contributed by atoms with Crippen molar-refractivity contribution in [3.8, 4) is 0 Å². The number of ether oxygens (including phenoxy) is 2. The van der Waals surface area contributed by atoms with E-state index in [4.69, 9.17) is 9.47 Å². The Balaban J connectivity index is 1.92. The van der Waals surface area contributed by atoms with Gasteiger partial charge in [0.1, 0.15) is 12.0 Å². The highest BCUT2D eigenvalue weighted by molar-refractivity contribution is 8.00. The van der Waals surface area contributed by atoms with Crippen LogP contribution in [0, 0.1) is 0 Å². The van der Waals surface area contributed by atoms with Crippen molar-refractivity contribution in [2.75, 3.05) is 19.0 Å². The van der Waals surface area contributed by atoms with E-state index in [-0.39, 0.29) is 11.4 Å². The first kappa shape index (κ1) is 26.3. The summed E-state index contributed by atoms with van der Waals surface area (Å²) in [6.07, 6.45) is 33.2. The maximum atomic E-state index is 11.6. The lowest BCUT2D eigenvalue weighted by Crippen LogP contribution is -2.15. The molecule has 1 aliphatic heterocycles. The van der Waals surface area contributed by atoms with Crippen molar-refractivity contribution in [1.82, 2.24) is 0 Å². The predicted octanol–water partition coefficient (Wildman–Crippen LogP) is 7.10. The zero-order valence-corrected chi connectivity index (χ0v) is 19.2. The summed E-state index contributed by atoms with van der Waals surface area (Å²) in [6.45, 7) is 3.28. The fraction of sp³-hybridized carbons (Fsp3) is 0.500. The highest BCUT2D eigenvalue weighted by atomic mass is 32.2. The van der Waals surface area contributed by atoms with Crippen LogP contribution in [0.5, 0.6) is 0 Å². The van der Waals surface area contributed by atoms with E-state index in [1.807, 2.05) is 6.08 Å². The summed E-state index contributed by atoms with van der Waals surface area (Å²) in [5, 5.41) is 0. The third kappa shape index (κ3) is 17.1. The Morgan fingerprint density at radius 3 is 1.80 bits per heavy atom. The van der Waals surface area contributed by atoms with Gasteiger partial charge >= 0.3 is 5.97 Å². The lowest BCUT2D eigenvalue weighted by molar-refractivity contribution is -0.145. The minimum Gasteiger partial charge on any atom is -0.462 e. The Morgan fingerprint density at radius 2 is 1.33 bits per heavy atom. The second kappa shape index (κ2) is 20.5. The Bertz CT molecular complexity index is 593. The maximum absolute atomic E-state index is 11.6. The normalized spacial score (nSPS) is 17.8. The van der Waals surface area contributed by atoms with E-state index < -0.39 is 0 Å². The van der Waals surface area contributed by atoms with Gasteiger partial charge in [-0.1, -0.05) is 79.8 Å². The van der Waals surface area contributed by atoms with Crippen molar-refractivity contribution in [2.45, 2.75) is 63.7 Å². The van der Waals surface area contributed by atoms with Crippen molar-refractivity contribution in [1.29, 1.82) is 0 Å². The minimum absolute atomic E-state index is 0.0276. The summed E-state index contributed by atoms with van der Waals surface area (Å²) >= 11 is 1.70. The number of hydrogen-bond acceptors (Lipinski definition) is 4. The van der Waals surface area contributed by atoms with Gasteiger partial charge in [0.2, 0.25) is 0 Å². The Morgan fingerprint density at radius 1 is 0.833 bits per heavy atom. The third-order valence-electron chi connectivity index (χ3n) is 4.18. The molecule has 0 spiro atoms. The van der Waals surface area contributed by atoms with E-state index >= 15 is 0 Å². The summed E-state index contributed by atoms with van der Waals surface area (Å²) < 4.78 is 10.6. The van der Waals surface area contributed by atoms with Crippen molar-refractivity contribution in [2.24, 2.45) is 0 Å². The van der Waals surface area contributed by atoms with Gasteiger partial charge in [-0.3, -0.25) is 4.79 Å². The fourth-order valence-electron chi connectivity index (χ4n) is 2.58. The fourth-order valence-corrected chi connectivity index (χ4v) is 3.39. The van der Waals surface area contributed by atoms with Crippen LogP contribution in [-0.4, -0.2) is 30.4 Å². The van der Waals surface area contributed by atoms with Gasteiger partial charge in [-0.15, -0.1) is 11.8 Å². The summed E-state index contributed by atoms with van der Waals surface area (Å²) in [5.74, 6) is 0.839. The van der Waals surface area contributed by atoms with Gasteiger partial charge < -0.3 is 9.47 Å². The maximum Gasteiger partial charge on any atom is 0.306 e. The molecule has 1 atom stereocenters. The lowest BCUT2D eigenvalue weighted by Gasteiger charge is -2.08. The smallest absolute Gasteiger partial charge is 0.306 e. The molecule has 0 saturated carbocycles. The van der Waals surface area contributed by atoms with Gasteiger partial charge in [-0.25, -0.2) is 0 Å². The molecule has 1 rings (SSSR count). The first-order valence-electron chi connectivity index (χ1n) is 11.1. The van der Waals surface area contributed by atoms with E-state index in [0.29, 0.717) is 13.0 Å². The van der Waals surface area contributed by atoms with E-state index in [9.17, 15) is 4.79 Å². The van der Waals surface area contributed by atoms with E-state index in [1.54, 1.807) is 11.8 Å². The molecule has 1 unspecified atom stereocenters. The van der Waals surface area contributed by atoms with E-state index in [1.165, 1.54) is 0 Å². The second-order valence-corrected chi connectivity index (χ2v) is 8.08. The molecule has 4 heteroatoms. The van der Waals surface area contributed by atoms with E-state index in [2.05, 4.69) is 73.8 Å². The van der Waals surface area contributed by atoms with Crippen LogP contribution in [-0.2, 0) is 14.3 Å². The van der Waals surface area contributed by atoms with Crippen LogP contribution in [0.3, 0.4) is 0 Å². The quantitative estimate of drug-likeness (QED) is 0.193. The number of carbonyl (C=O) groups excluding carboxylic acids is 1. The number of allylic oxidation sites excluding steroid dienone is 12. The van der Waals surface area contributed by atoms with Crippen molar-refractivity contribution < 1.29 is 14.3 Å². The van der Waals surface area contributed by atoms with Crippen LogP contribution in [0.4, 0.5) is 0 Å². The van der Waals surface area contributed by atoms with Gasteiger partial charge in [0.25, 0.3) is 0 Å². The summed E-state index contributed by atoms with van der Waals surface area (Å²) in [4.78, 5) is 11.6. The molecule has 0 N–H and O–H groups in total. The van der Waals surface area contributed by atoms with Crippen LogP contribution in [0.1, 0.15) is 58.3 Å². The number of rotatable bonds is 16. The molecule has 166 valence electrons. The monoisotopic (exact) mass is 430 g/mol. The SMILES string of the molecule is CCC=CCC=CCC=CCC=CCC=CCC=CCCC(=O)OCC1OCCS1. The van der Waals surface area contributed by atoms with Gasteiger partial charge in [0, 0.05) is 12.2 Å². The average Bonchev–Trinajstić information content (AvgIpc) is 3.27. The first-order valence-corrected chi connectivity index (χ1v) is 12.2. The zero-order valence-electron chi connectivity index (χ0n) is 18.4. The van der Waals surface area contributed by atoms with Gasteiger partial charge in [0.05, 0.1) is 6.61 Å². The Kier molecular flexibility index (Phi) is 17.9. The van der Waals surface area contributed by atoms with Gasteiger partial charge in [-0.05, 0) is 44.9 Å². The highest BCUT2D eigenvalue weighted by Gasteiger charge is 2.17. The molecule has 1 aliphatic rings. The minimum atomic E-state index is -0.148. The number of thioether (sulfide) groups is 1. The summed E-state index contributed by atoms with van der Waals surface area (Å²) in [5.41, 5.74) is 0.0276. The Hall–Kier alpha value is -1.78. The van der Waals surface area contributed by atoms with Crippen LogP contribution in [0.2, 0.25) is 0 Å². The molecule has 1 heterocycles. The van der Waals surface area contributed by atoms with Crippen LogP contribution in [0.25, 0.3) is 0 Å². The molecule has 30 heavy (non-hydrogen) atoms. The molecule has 0 aromatic rings. The van der Waals surface area contributed by atoms with Crippen molar-refractivity contribution in [3.05, 3.63) is 72.9 Å². The standard InChI is InChI=1S/C26H38O3S/c1-2-3-4-5-6-7-8-9-10-11-12-13-14-15-16-17-18-19-20-21-25(27)29-24-26-28-22-23-30-26/h3-4,6-7,9-10,12-13,15-16,18-19,26H,2,5,8,11,14,17,20-24H2,1H3. The average molecular weight is 431 g/mol. The second-order valence-electron chi connectivity index (χ2n) is 6.81. The molecular weight excluding hydrogens is 392 g/mol. The largest absolute Gasteiger partial charge is 0.462 e. The Labute approximate surface area is 187 Å². The van der Waals surface area contributed by atoms with Gasteiger partial charge in [-0.2, -0.15) is 0 Å². The van der Waals surface area contributed by atoms with Crippen LogP contribution >= 0.6 is 11.8 Å². The molecule has 0 radical (unpaired) electrons. The molecule has 0 aliphatic carbocycles. The number of hydrogen-bond donors (Lipinski definition) is 0. The van der Waals surface area contributed by atoms with Crippen LogP contribution < -0.4 is 0 Å². The lowest BCUT2D eigenvalue weighted by atomic mass is 10.2. The molecule has 0 amide bonds. The molecule has 1 fully saturated rings. The van der Waals surface area contributed by atoms with Crippen molar-refractivity contribution in [3.63, 3.8) is 0 Å². The third-order valence-corrected chi connectivity index (χ3v) is 5.23. The highest BCUT2D eigenvalue weighted by Crippen LogP contribution is 2.19. The molecule has 0 bridgehead atoms. The van der Waals surface area contributed by atoms with E-state index in [0.717, 1.165) is 57.3 Å². The molecular formula is C26H38O3S. The zero-order chi connectivity index (χ0) is 21.5. The summed E-state index contributed by atoms with van der Waals surface area (Å²) in [7, 11) is 0.